The van der Waals surface area contributed by atoms with Gasteiger partial charge in [-0.2, -0.15) is 5.11 Å². The second kappa shape index (κ2) is 10.4. The molecule has 0 bridgehead atoms. The fourth-order valence-electron chi connectivity index (χ4n) is 3.59. The average molecular weight is 548 g/mol. The first kappa shape index (κ1) is 22.7. The molecule has 0 unspecified atom stereocenters. The zero-order chi connectivity index (χ0) is 23.2. The van der Waals surface area contributed by atoms with Crippen LogP contribution >= 0.6 is 22.6 Å². The van der Waals surface area contributed by atoms with Crippen LogP contribution in [0.4, 0.5) is 11.4 Å². The molecular weight excluding hydrogens is 527 g/mol. The Balaban J connectivity index is 1.70. The molecule has 0 heterocycles. The molecule has 0 saturated carbocycles. The maximum atomic E-state index is 11.7. The first-order valence-corrected chi connectivity index (χ1v) is 11.5. The fourth-order valence-corrected chi connectivity index (χ4v) is 4.19. The molecule has 0 amide bonds. The van der Waals surface area contributed by atoms with Gasteiger partial charge in [0.15, 0.2) is 0 Å². The number of azo groups is 1. The molecule has 0 radical (unpaired) electrons. The van der Waals surface area contributed by atoms with Gasteiger partial charge >= 0.3 is 5.97 Å². The van der Waals surface area contributed by atoms with E-state index in [0.717, 1.165) is 20.3 Å². The molecule has 6 heteroatoms. The first-order chi connectivity index (χ1) is 16.0. The lowest BCUT2D eigenvalue weighted by molar-refractivity contribution is 0.0693. The number of phenols is 1. The Morgan fingerprint density at radius 1 is 0.818 bits per heavy atom. The Bertz CT molecular complexity index is 1310. The van der Waals surface area contributed by atoms with Gasteiger partial charge in [0, 0.05) is 9.13 Å². The summed E-state index contributed by atoms with van der Waals surface area (Å²) in [6.07, 6.45) is 1.15. The lowest BCUT2D eigenvalue weighted by Gasteiger charge is -2.10. The molecule has 4 rings (SSSR count). The average Bonchev–Trinajstić information content (AvgIpc) is 2.84. The first-order valence-electron chi connectivity index (χ1n) is 10.4. The summed E-state index contributed by atoms with van der Waals surface area (Å²) in [5.41, 5.74) is 4.50. The van der Waals surface area contributed by atoms with Crippen molar-refractivity contribution in [3.8, 4) is 16.9 Å². The van der Waals surface area contributed by atoms with E-state index in [2.05, 4.69) is 32.8 Å². The van der Waals surface area contributed by atoms with Crippen molar-refractivity contribution < 1.29 is 15.0 Å². The summed E-state index contributed by atoms with van der Waals surface area (Å²) >= 11 is 2.22. The molecule has 0 spiro atoms. The number of carbonyl (C=O) groups is 1. The lowest BCUT2D eigenvalue weighted by atomic mass is 10.0. The SMILES string of the molecule is O=C(O)c1cc(N=Nc2c(I)cccc2-c2ccccc2)cc(CCc2ccccc2)c1O. The number of halogens is 1. The molecule has 0 saturated heterocycles. The van der Waals surface area contributed by atoms with Crippen LogP contribution < -0.4 is 0 Å². The molecule has 0 fully saturated rings. The zero-order valence-electron chi connectivity index (χ0n) is 17.6. The Morgan fingerprint density at radius 3 is 2.21 bits per heavy atom. The van der Waals surface area contributed by atoms with Crippen molar-refractivity contribution in [3.63, 3.8) is 0 Å². The van der Waals surface area contributed by atoms with Crippen LogP contribution in [0.2, 0.25) is 0 Å². The maximum absolute atomic E-state index is 11.7. The summed E-state index contributed by atoms with van der Waals surface area (Å²) in [5.74, 6) is -1.43. The van der Waals surface area contributed by atoms with Gasteiger partial charge in [0.1, 0.15) is 17.0 Å². The third-order valence-electron chi connectivity index (χ3n) is 5.27. The Morgan fingerprint density at radius 2 is 1.52 bits per heavy atom. The van der Waals surface area contributed by atoms with E-state index in [0.29, 0.717) is 29.8 Å². The second-order valence-corrected chi connectivity index (χ2v) is 8.66. The van der Waals surface area contributed by atoms with Gasteiger partial charge in [-0.05, 0) is 70.3 Å². The van der Waals surface area contributed by atoms with Crippen molar-refractivity contribution in [2.75, 3.05) is 0 Å². The highest BCUT2D eigenvalue weighted by Crippen LogP contribution is 2.36. The Kier molecular flexibility index (Phi) is 7.14. The zero-order valence-corrected chi connectivity index (χ0v) is 19.8. The molecule has 164 valence electrons. The van der Waals surface area contributed by atoms with Crippen LogP contribution in [0.1, 0.15) is 21.5 Å². The van der Waals surface area contributed by atoms with Crippen LogP contribution in [-0.4, -0.2) is 16.2 Å². The highest BCUT2D eigenvalue weighted by molar-refractivity contribution is 14.1. The van der Waals surface area contributed by atoms with E-state index in [1.807, 2.05) is 78.9 Å². The molecule has 4 aromatic rings. The molecule has 0 aliphatic heterocycles. The largest absolute Gasteiger partial charge is 0.507 e. The minimum atomic E-state index is -1.20. The molecule has 4 aromatic carbocycles. The number of hydrogen-bond donors (Lipinski definition) is 2. The highest BCUT2D eigenvalue weighted by Gasteiger charge is 2.16. The van der Waals surface area contributed by atoms with Gasteiger partial charge in [-0.25, -0.2) is 4.79 Å². The minimum Gasteiger partial charge on any atom is -0.507 e. The van der Waals surface area contributed by atoms with Gasteiger partial charge in [0.25, 0.3) is 0 Å². The number of carboxylic acids is 1. The van der Waals surface area contributed by atoms with Crippen molar-refractivity contribution >= 4 is 39.9 Å². The van der Waals surface area contributed by atoms with E-state index >= 15 is 0 Å². The molecule has 2 N–H and O–H groups in total. The van der Waals surface area contributed by atoms with Crippen LogP contribution in [-0.2, 0) is 12.8 Å². The predicted molar refractivity (Wildman–Crippen MR) is 138 cm³/mol. The number of carboxylic acid groups (broad SMARTS) is 1. The highest BCUT2D eigenvalue weighted by atomic mass is 127. The van der Waals surface area contributed by atoms with E-state index in [1.165, 1.54) is 6.07 Å². The van der Waals surface area contributed by atoms with Gasteiger partial charge in [-0.1, -0.05) is 72.8 Å². The minimum absolute atomic E-state index is 0.180. The maximum Gasteiger partial charge on any atom is 0.339 e. The van der Waals surface area contributed by atoms with Gasteiger partial charge in [-0.15, -0.1) is 5.11 Å². The predicted octanol–water partition coefficient (Wildman–Crippen LogP) is 7.56. The fraction of sp³-hybridized carbons (Fsp3) is 0.0741. The van der Waals surface area contributed by atoms with E-state index in [1.54, 1.807) is 6.07 Å². The molecule has 33 heavy (non-hydrogen) atoms. The van der Waals surface area contributed by atoms with Crippen molar-refractivity contribution in [2.24, 2.45) is 10.2 Å². The molecule has 0 aliphatic carbocycles. The summed E-state index contributed by atoms with van der Waals surface area (Å²) in [5, 5.41) is 29.0. The quantitative estimate of drug-likeness (QED) is 0.185. The number of aromatic hydroxyl groups is 1. The normalized spacial score (nSPS) is 11.1. The van der Waals surface area contributed by atoms with Crippen molar-refractivity contribution in [2.45, 2.75) is 12.8 Å². The summed E-state index contributed by atoms with van der Waals surface area (Å²) < 4.78 is 0.930. The second-order valence-electron chi connectivity index (χ2n) is 7.49. The summed E-state index contributed by atoms with van der Waals surface area (Å²) in [6, 6.07) is 28.7. The molecule has 0 aliphatic rings. The van der Waals surface area contributed by atoms with Gasteiger partial charge < -0.3 is 10.2 Å². The van der Waals surface area contributed by atoms with Crippen LogP contribution in [0.5, 0.6) is 5.75 Å². The third kappa shape index (κ3) is 5.46. The van der Waals surface area contributed by atoms with Crippen LogP contribution in [0, 0.1) is 3.57 Å². The monoisotopic (exact) mass is 548 g/mol. The van der Waals surface area contributed by atoms with Gasteiger partial charge in [0.05, 0.1) is 5.69 Å². The van der Waals surface area contributed by atoms with E-state index in [4.69, 9.17) is 0 Å². The Labute approximate surface area is 205 Å². The van der Waals surface area contributed by atoms with E-state index in [9.17, 15) is 15.0 Å². The van der Waals surface area contributed by atoms with Crippen LogP contribution in [0.3, 0.4) is 0 Å². The molecular formula is C27H21IN2O3. The van der Waals surface area contributed by atoms with E-state index in [-0.39, 0.29) is 11.3 Å². The van der Waals surface area contributed by atoms with Crippen molar-refractivity contribution in [1.82, 2.24) is 0 Å². The van der Waals surface area contributed by atoms with Crippen LogP contribution in [0.15, 0.2) is 101 Å². The summed E-state index contributed by atoms with van der Waals surface area (Å²) in [7, 11) is 0. The number of aryl methyl sites for hydroxylation is 2. The van der Waals surface area contributed by atoms with E-state index < -0.39 is 5.97 Å². The smallest absolute Gasteiger partial charge is 0.339 e. The van der Waals surface area contributed by atoms with Gasteiger partial charge in [-0.3, -0.25) is 0 Å². The van der Waals surface area contributed by atoms with Gasteiger partial charge in [0.2, 0.25) is 0 Å². The Hall–Kier alpha value is -3.52. The van der Waals surface area contributed by atoms with Crippen LogP contribution in [0.25, 0.3) is 11.1 Å². The molecule has 0 atom stereocenters. The molecule has 0 aromatic heterocycles. The molecule has 5 nitrogen and oxygen atoms in total. The lowest BCUT2D eigenvalue weighted by Crippen LogP contribution is -2.00. The summed E-state index contributed by atoms with van der Waals surface area (Å²) in [6.45, 7) is 0. The summed E-state index contributed by atoms with van der Waals surface area (Å²) in [4.78, 5) is 11.7. The number of benzene rings is 4. The van der Waals surface area contributed by atoms with Crippen molar-refractivity contribution in [1.29, 1.82) is 0 Å². The topological polar surface area (TPSA) is 82.2 Å². The number of hydrogen-bond acceptors (Lipinski definition) is 4. The number of aromatic carboxylic acids is 1. The third-order valence-corrected chi connectivity index (χ3v) is 6.14. The number of nitrogens with zero attached hydrogens (tertiary/aromatic N) is 2. The number of rotatable bonds is 7. The standard InChI is InChI=1S/C27H21IN2O3/c28-24-13-7-12-22(19-10-5-2-6-11-19)25(24)30-29-21-16-20(26(31)23(17-21)27(32)33)15-14-18-8-3-1-4-9-18/h1-13,16-17,31H,14-15H2,(H,32,33). The van der Waals surface area contributed by atoms with Crippen molar-refractivity contribution in [3.05, 3.63) is 111 Å².